The Balaban J connectivity index is 2.13. The van der Waals surface area contributed by atoms with E-state index in [2.05, 4.69) is 9.69 Å². The Labute approximate surface area is 242 Å². The molecule has 4 nitrogen and oxygen atoms in total. The second kappa shape index (κ2) is 7.71. The van der Waals surface area contributed by atoms with Gasteiger partial charge in [0.15, 0.2) is 0 Å². The monoisotopic (exact) mass is 660 g/mol. The van der Waals surface area contributed by atoms with Crippen LogP contribution in [-0.4, -0.2) is 0 Å². The summed E-state index contributed by atoms with van der Waals surface area (Å²) in [5.41, 5.74) is -1.67. The van der Waals surface area contributed by atoms with E-state index in [1.54, 1.807) is 38.1 Å². The third-order valence-electron chi connectivity index (χ3n) is 7.61. The average Bonchev–Trinajstić information content (AvgIpc) is 3.41. The summed E-state index contributed by atoms with van der Waals surface area (Å²) in [6.07, 6.45) is -1.02. The van der Waals surface area contributed by atoms with Crippen LogP contribution in [0.15, 0.2) is 34.1 Å². The summed E-state index contributed by atoms with van der Waals surface area (Å²) in [5, 5.41) is 19.0. The normalized spacial score (nSPS) is 17.8. The second-order valence-electron chi connectivity index (χ2n) is 10.4. The van der Waals surface area contributed by atoms with Gasteiger partial charge in [-0.15, -0.1) is 0 Å². The minimum absolute atomic E-state index is 0.0428. The lowest BCUT2D eigenvalue weighted by Gasteiger charge is -2.48. The summed E-state index contributed by atoms with van der Waals surface area (Å²) >= 11 is 0. The zero-order valence-corrected chi connectivity index (χ0v) is 23.7. The van der Waals surface area contributed by atoms with E-state index in [1.807, 2.05) is 0 Å². The van der Waals surface area contributed by atoms with Gasteiger partial charge in [-0.3, -0.25) is 0 Å². The van der Waals surface area contributed by atoms with Crippen molar-refractivity contribution in [1.29, 1.82) is 10.5 Å². The van der Waals surface area contributed by atoms with Crippen molar-refractivity contribution in [2.45, 2.75) is 36.5 Å². The van der Waals surface area contributed by atoms with Crippen LogP contribution in [0.5, 0.6) is 0 Å². The summed E-state index contributed by atoms with van der Waals surface area (Å²) in [5.74, 6) is 0. The second-order valence-corrected chi connectivity index (χ2v) is 15.2. The van der Waals surface area contributed by atoms with Crippen molar-refractivity contribution in [3.8, 4) is 34.4 Å². The number of hydrogen-bond acceptors (Lipinski definition) is 2. The van der Waals surface area contributed by atoms with Crippen LogP contribution in [0.4, 0.5) is 38.9 Å². The summed E-state index contributed by atoms with van der Waals surface area (Å²) in [6.45, 7) is 18.6. The number of benzene rings is 3. The van der Waals surface area contributed by atoms with Crippen LogP contribution in [0, 0.1) is 49.7 Å². The maximum atomic E-state index is 14.1. The maximum absolute atomic E-state index is 14.1. The lowest BCUT2D eigenvalue weighted by atomic mass is 9.90. The predicted octanol–water partition coefficient (Wildman–Crippen LogP) is 9.86. The first kappa shape index (κ1) is 30.8. The highest BCUT2D eigenvalue weighted by Gasteiger charge is 2.75. The molecule has 44 heavy (non-hydrogen) atoms. The molecule has 0 amide bonds. The zero-order chi connectivity index (χ0) is 33.1. The summed E-state index contributed by atoms with van der Waals surface area (Å²) in [6, 6.07) is 5.17. The lowest BCUT2D eigenvalue weighted by Crippen LogP contribution is -2.25. The van der Waals surface area contributed by atoms with Crippen LogP contribution in [0.2, 0.25) is 0 Å². The molecule has 5 rings (SSSR count). The Kier molecular flexibility index (Phi) is 5.39. The van der Waals surface area contributed by atoms with E-state index in [0.717, 1.165) is 5.56 Å². The Morgan fingerprint density at radius 3 is 1.39 bits per heavy atom. The number of fused-ring (bicyclic) bond motifs is 6. The Morgan fingerprint density at radius 1 is 0.636 bits per heavy atom. The van der Waals surface area contributed by atoms with E-state index in [1.165, 1.54) is 0 Å². The van der Waals surface area contributed by atoms with Gasteiger partial charge >= 0.3 is 20.4 Å². The molecule has 0 N–H and O–H groups in total. The van der Waals surface area contributed by atoms with Crippen molar-refractivity contribution in [3.05, 3.63) is 90.9 Å². The molecule has 0 aliphatic heterocycles. The van der Waals surface area contributed by atoms with Crippen molar-refractivity contribution in [2.75, 3.05) is 0 Å². The lowest BCUT2D eigenvalue weighted by molar-refractivity contribution is 0.336. The van der Waals surface area contributed by atoms with Crippen LogP contribution < -0.4 is 10.4 Å². The van der Waals surface area contributed by atoms with Crippen LogP contribution in [-0.2, 0) is 12.8 Å². The largest absolute Gasteiger partial charge is 0.311 e. The van der Waals surface area contributed by atoms with Gasteiger partial charge < -0.3 is 0 Å². The SMILES string of the molecule is [C-]#[N+]/C(C#N)=c1/c2c(/c(=C(\C#N)[N+]#[C-])c3c1-c1cc(C)c(C)cc1C3)-c1cc(S(F)(F)(F)(F)F)c(S(F)(F)(F)(F)F)cc1C2. The molecule has 0 unspecified atom stereocenters. The maximum Gasteiger partial charge on any atom is 0.311 e. The molecule has 228 valence electrons. The van der Waals surface area contributed by atoms with Gasteiger partial charge in [0, 0.05) is 10.4 Å². The Hall–Kier alpha value is -4.64. The molecular weight excluding hydrogens is 646 g/mol. The molecule has 3 aromatic rings. The first-order chi connectivity index (χ1) is 19.7. The van der Waals surface area contributed by atoms with Crippen LogP contribution in [0.25, 0.3) is 43.3 Å². The Bertz CT molecular complexity index is 2220. The smallest absolute Gasteiger partial charge is 0.226 e. The van der Waals surface area contributed by atoms with E-state index < -0.39 is 82.1 Å². The number of nitrogens with zero attached hydrogens (tertiary/aromatic N) is 4. The van der Waals surface area contributed by atoms with Gasteiger partial charge in [0.2, 0.25) is 0 Å². The average molecular weight is 661 g/mol. The van der Waals surface area contributed by atoms with Gasteiger partial charge in [0.05, 0.1) is 25.3 Å². The molecule has 0 saturated carbocycles. The minimum atomic E-state index is -11.5. The van der Waals surface area contributed by atoms with E-state index in [-0.39, 0.29) is 28.3 Å². The molecule has 0 fully saturated rings. The summed E-state index contributed by atoms with van der Waals surface area (Å²) in [4.78, 5) is -1.42. The highest BCUT2D eigenvalue weighted by atomic mass is 32.5. The quantitative estimate of drug-likeness (QED) is 0.140. The van der Waals surface area contributed by atoms with Crippen molar-refractivity contribution in [3.63, 3.8) is 0 Å². The third kappa shape index (κ3) is 4.62. The fourth-order valence-electron chi connectivity index (χ4n) is 5.82. The first-order valence-electron chi connectivity index (χ1n) is 12.0. The molecule has 2 aliphatic carbocycles. The van der Waals surface area contributed by atoms with Gasteiger partial charge in [0.1, 0.15) is 9.79 Å². The molecule has 0 spiro atoms. The molecule has 2 aliphatic rings. The number of hydrogen-bond donors (Lipinski definition) is 0. The number of nitriles is 2. The van der Waals surface area contributed by atoms with E-state index in [4.69, 9.17) is 13.1 Å². The fraction of sp³-hybridized carbons (Fsp3) is 0.143. The van der Waals surface area contributed by atoms with Crippen molar-refractivity contribution >= 4 is 31.8 Å². The van der Waals surface area contributed by atoms with Gasteiger partial charge in [-0.2, -0.15) is 0 Å². The minimum Gasteiger partial charge on any atom is -0.226 e. The molecule has 0 heterocycles. The predicted molar refractivity (Wildman–Crippen MR) is 146 cm³/mol. The van der Waals surface area contributed by atoms with Gasteiger partial charge in [-0.25, -0.2) is 20.2 Å². The molecule has 0 atom stereocenters. The van der Waals surface area contributed by atoms with Crippen LogP contribution >= 0.6 is 20.4 Å². The first-order valence-corrected chi connectivity index (χ1v) is 15.9. The topological polar surface area (TPSA) is 56.3 Å². The van der Waals surface area contributed by atoms with Crippen molar-refractivity contribution in [1.82, 2.24) is 0 Å². The summed E-state index contributed by atoms with van der Waals surface area (Å²) in [7, 11) is -22.9. The third-order valence-corrected chi connectivity index (χ3v) is 10.1. The van der Waals surface area contributed by atoms with Crippen molar-refractivity contribution < 1.29 is 38.9 Å². The van der Waals surface area contributed by atoms with Crippen molar-refractivity contribution in [2.24, 2.45) is 0 Å². The Morgan fingerprint density at radius 2 is 1.00 bits per heavy atom. The number of halogens is 10. The number of aryl methyl sites for hydroxylation is 2. The van der Waals surface area contributed by atoms with Gasteiger partial charge in [-0.1, -0.05) is 51.0 Å². The number of rotatable bonds is 2. The zero-order valence-electron chi connectivity index (χ0n) is 22.1. The van der Waals surface area contributed by atoms with E-state index in [9.17, 15) is 49.4 Å². The highest BCUT2D eigenvalue weighted by Crippen LogP contribution is 3.09. The fourth-order valence-corrected chi connectivity index (χ4v) is 8.35. The van der Waals surface area contributed by atoms with E-state index in [0.29, 0.717) is 16.7 Å². The molecule has 0 aromatic heterocycles. The van der Waals surface area contributed by atoms with Crippen LogP contribution in [0.3, 0.4) is 0 Å². The molecular formula is C28H14F10N4S2. The standard InChI is InChI=1S/C28H14F10N4S2/c1-13-5-15-7-19-25(17(15)6-14(13)2)27(21(11-39)41-3)20-8-16-9-23(43(29,30,31,32)33)24(44(34,35,36,37)38)10-18(16)26(20)28(19)22(12-40)42-4/h5-6,9-10H,7-8H2,1-2H3/b27-21-,28-22+. The molecule has 0 radical (unpaired) electrons. The summed E-state index contributed by atoms with van der Waals surface area (Å²) < 4.78 is 140. The van der Waals surface area contributed by atoms with Crippen LogP contribution in [0.1, 0.15) is 33.4 Å². The molecule has 3 aromatic carbocycles. The molecule has 0 saturated heterocycles. The molecule has 0 bridgehead atoms. The van der Waals surface area contributed by atoms with E-state index >= 15 is 0 Å². The highest BCUT2D eigenvalue weighted by molar-refractivity contribution is 8.48. The molecule has 16 heteroatoms. The van der Waals surface area contributed by atoms with Gasteiger partial charge in [0.25, 0.3) is 11.4 Å². The van der Waals surface area contributed by atoms with Gasteiger partial charge in [-0.05, 0) is 94.5 Å².